The number of nitrogens with two attached hydrogens (primary N) is 1. The van der Waals surface area contributed by atoms with Gasteiger partial charge in [-0.05, 0) is 34.1 Å². The minimum atomic E-state index is 0.448. The van der Waals surface area contributed by atoms with E-state index >= 15 is 0 Å². The van der Waals surface area contributed by atoms with E-state index in [0.29, 0.717) is 6.54 Å². The summed E-state index contributed by atoms with van der Waals surface area (Å²) in [5, 5.41) is 0.967. The summed E-state index contributed by atoms with van der Waals surface area (Å²) in [5.74, 6) is 0. The average Bonchev–Trinajstić information content (AvgIpc) is 2.93. The van der Waals surface area contributed by atoms with Crippen LogP contribution in [0.3, 0.4) is 0 Å². The number of aromatic amines is 1. The Bertz CT molecular complexity index is 673. The summed E-state index contributed by atoms with van der Waals surface area (Å²) < 4.78 is 1.000. The number of halogens is 1. The molecule has 2 heterocycles. The van der Waals surface area contributed by atoms with Crippen LogP contribution in [0.4, 0.5) is 0 Å². The van der Waals surface area contributed by atoms with Crippen LogP contribution in [0.1, 0.15) is 5.69 Å². The molecule has 0 amide bonds. The van der Waals surface area contributed by atoms with Crippen LogP contribution in [0.25, 0.3) is 21.6 Å². The molecule has 0 atom stereocenters. The van der Waals surface area contributed by atoms with E-state index in [0.717, 1.165) is 31.1 Å². The number of hydrogen-bond donors (Lipinski definition) is 2. The summed E-state index contributed by atoms with van der Waals surface area (Å²) in [6.07, 6.45) is 1.69. The Labute approximate surface area is 110 Å². The molecule has 0 saturated heterocycles. The van der Waals surface area contributed by atoms with E-state index in [9.17, 15) is 0 Å². The fraction of sp³-hybridized carbons (Fsp3) is 0.0909. The quantitative estimate of drug-likeness (QED) is 0.765. The molecule has 0 bridgehead atoms. The van der Waals surface area contributed by atoms with Crippen molar-refractivity contribution in [2.24, 2.45) is 5.73 Å². The first-order chi connectivity index (χ1) is 8.28. The predicted molar refractivity (Wildman–Crippen MR) is 72.8 cm³/mol. The van der Waals surface area contributed by atoms with Gasteiger partial charge in [0.1, 0.15) is 5.01 Å². The van der Waals surface area contributed by atoms with Crippen molar-refractivity contribution in [2.45, 2.75) is 6.54 Å². The van der Waals surface area contributed by atoms with Crippen LogP contribution in [0.5, 0.6) is 0 Å². The largest absolute Gasteiger partial charge is 0.345 e. The molecule has 0 aliphatic heterocycles. The Hall–Kier alpha value is -1.24. The maximum absolute atomic E-state index is 5.61. The Balaban J connectivity index is 2.12. The van der Waals surface area contributed by atoms with E-state index in [4.69, 9.17) is 5.73 Å². The normalized spacial score (nSPS) is 11.2. The van der Waals surface area contributed by atoms with Crippen molar-refractivity contribution in [3.8, 4) is 10.6 Å². The molecule has 3 rings (SSSR count). The van der Waals surface area contributed by atoms with Gasteiger partial charge < -0.3 is 10.7 Å². The number of aromatic nitrogens is 3. The third-order valence-corrected chi connectivity index (χ3v) is 4.39. The van der Waals surface area contributed by atoms with Gasteiger partial charge in [0.15, 0.2) is 0 Å². The monoisotopic (exact) mass is 308 g/mol. The van der Waals surface area contributed by atoms with Gasteiger partial charge in [-0.15, -0.1) is 11.3 Å². The van der Waals surface area contributed by atoms with Crippen molar-refractivity contribution in [1.29, 1.82) is 0 Å². The first-order valence-electron chi connectivity index (χ1n) is 5.06. The lowest BCUT2D eigenvalue weighted by atomic mass is 10.2. The average molecular weight is 309 g/mol. The molecule has 1 aromatic carbocycles. The third kappa shape index (κ3) is 1.88. The van der Waals surface area contributed by atoms with E-state index in [-0.39, 0.29) is 0 Å². The number of nitrogens with zero attached hydrogens (tertiary/aromatic N) is 2. The molecule has 0 aliphatic rings. The van der Waals surface area contributed by atoms with E-state index in [1.165, 1.54) is 0 Å². The second-order valence-electron chi connectivity index (χ2n) is 3.58. The second-order valence-corrected chi connectivity index (χ2v) is 5.89. The predicted octanol–water partition coefficient (Wildman–Crippen LogP) is 2.91. The number of H-pyrrole nitrogens is 1. The Kier molecular flexibility index (Phi) is 2.70. The molecule has 0 radical (unpaired) electrons. The number of nitrogens with one attached hydrogen (secondary N) is 1. The minimum absolute atomic E-state index is 0.448. The van der Waals surface area contributed by atoms with Gasteiger partial charge in [0, 0.05) is 12.1 Å². The molecule has 3 aromatic rings. The molecule has 86 valence electrons. The van der Waals surface area contributed by atoms with Gasteiger partial charge in [0.2, 0.25) is 0 Å². The molecular formula is C11H9BrN4S. The molecule has 0 fully saturated rings. The number of benzene rings is 1. The van der Waals surface area contributed by atoms with E-state index in [1.54, 1.807) is 17.7 Å². The van der Waals surface area contributed by atoms with Crippen LogP contribution >= 0.6 is 27.3 Å². The van der Waals surface area contributed by atoms with Gasteiger partial charge in [-0.25, -0.2) is 9.97 Å². The maximum Gasteiger partial charge on any atom is 0.124 e. The van der Waals surface area contributed by atoms with Gasteiger partial charge in [-0.3, -0.25) is 0 Å². The smallest absolute Gasteiger partial charge is 0.124 e. The van der Waals surface area contributed by atoms with Crippen LogP contribution in [0, 0.1) is 0 Å². The highest BCUT2D eigenvalue weighted by molar-refractivity contribution is 9.11. The van der Waals surface area contributed by atoms with Crippen LogP contribution in [0.15, 0.2) is 28.3 Å². The van der Waals surface area contributed by atoms with Crippen LogP contribution < -0.4 is 5.73 Å². The lowest BCUT2D eigenvalue weighted by molar-refractivity contribution is 1.01. The SMILES string of the molecule is NCc1nc(-c2ccc3nc[nH]c3c2)sc1Br. The van der Waals surface area contributed by atoms with Gasteiger partial charge in [0.05, 0.1) is 26.8 Å². The standard InChI is InChI=1S/C11H9BrN4S/c12-10-9(4-13)16-11(17-10)6-1-2-7-8(3-6)15-5-14-7/h1-3,5H,4,13H2,(H,14,15). The number of hydrogen-bond acceptors (Lipinski definition) is 4. The molecule has 0 aliphatic carbocycles. The highest BCUT2D eigenvalue weighted by atomic mass is 79.9. The lowest BCUT2D eigenvalue weighted by Crippen LogP contribution is -1.96. The van der Waals surface area contributed by atoms with Crippen molar-refractivity contribution in [3.63, 3.8) is 0 Å². The highest BCUT2D eigenvalue weighted by Gasteiger charge is 2.10. The summed E-state index contributed by atoms with van der Waals surface area (Å²) >= 11 is 5.07. The zero-order valence-corrected chi connectivity index (χ0v) is 11.2. The molecule has 17 heavy (non-hydrogen) atoms. The van der Waals surface area contributed by atoms with Gasteiger partial charge in [-0.1, -0.05) is 0 Å². The van der Waals surface area contributed by atoms with Gasteiger partial charge >= 0.3 is 0 Å². The molecule has 0 unspecified atom stereocenters. The molecule has 0 spiro atoms. The number of thiazole rings is 1. The summed E-state index contributed by atoms with van der Waals surface area (Å²) in [4.78, 5) is 11.8. The Morgan fingerprint density at radius 2 is 2.29 bits per heavy atom. The van der Waals surface area contributed by atoms with Gasteiger partial charge in [0.25, 0.3) is 0 Å². The highest BCUT2D eigenvalue weighted by Crippen LogP contribution is 2.32. The zero-order valence-electron chi connectivity index (χ0n) is 8.77. The van der Waals surface area contributed by atoms with E-state index in [1.807, 2.05) is 18.2 Å². The second kappa shape index (κ2) is 4.21. The first kappa shape index (κ1) is 10.9. The number of imidazole rings is 1. The fourth-order valence-electron chi connectivity index (χ4n) is 1.65. The van der Waals surface area contributed by atoms with Crippen LogP contribution in [0.2, 0.25) is 0 Å². The first-order valence-corrected chi connectivity index (χ1v) is 6.67. The molecular weight excluding hydrogens is 300 g/mol. The lowest BCUT2D eigenvalue weighted by Gasteiger charge is -1.95. The molecule has 3 N–H and O–H groups in total. The molecule has 2 aromatic heterocycles. The molecule has 0 saturated carbocycles. The number of fused-ring (bicyclic) bond motifs is 1. The zero-order chi connectivity index (χ0) is 11.8. The van der Waals surface area contributed by atoms with Crippen LogP contribution in [-0.4, -0.2) is 15.0 Å². The summed E-state index contributed by atoms with van der Waals surface area (Å²) in [7, 11) is 0. The van der Waals surface area contributed by atoms with Crippen LogP contribution in [-0.2, 0) is 6.54 Å². The molecule has 6 heteroatoms. The fourth-order valence-corrected chi connectivity index (χ4v) is 3.18. The van der Waals surface area contributed by atoms with Crippen molar-refractivity contribution in [3.05, 3.63) is 34.0 Å². The minimum Gasteiger partial charge on any atom is -0.345 e. The summed E-state index contributed by atoms with van der Waals surface area (Å²) in [5.41, 5.74) is 9.57. The topological polar surface area (TPSA) is 67.6 Å². The Morgan fingerprint density at radius 1 is 1.41 bits per heavy atom. The molecule has 4 nitrogen and oxygen atoms in total. The maximum atomic E-state index is 5.61. The van der Waals surface area contributed by atoms with Crippen molar-refractivity contribution in [1.82, 2.24) is 15.0 Å². The van der Waals surface area contributed by atoms with Crippen molar-refractivity contribution < 1.29 is 0 Å². The van der Waals surface area contributed by atoms with Crippen molar-refractivity contribution >= 4 is 38.3 Å². The number of rotatable bonds is 2. The van der Waals surface area contributed by atoms with E-state index in [2.05, 4.69) is 30.9 Å². The summed E-state index contributed by atoms with van der Waals surface area (Å²) in [6.45, 7) is 0.448. The summed E-state index contributed by atoms with van der Waals surface area (Å²) in [6, 6.07) is 6.06. The van der Waals surface area contributed by atoms with E-state index < -0.39 is 0 Å². The Morgan fingerprint density at radius 3 is 3.06 bits per heavy atom. The van der Waals surface area contributed by atoms with Gasteiger partial charge in [-0.2, -0.15) is 0 Å². The van der Waals surface area contributed by atoms with Crippen molar-refractivity contribution in [2.75, 3.05) is 0 Å². The third-order valence-electron chi connectivity index (χ3n) is 2.51.